The summed E-state index contributed by atoms with van der Waals surface area (Å²) in [6, 6.07) is 11.0. The Morgan fingerprint density at radius 3 is 2.40 bits per heavy atom. The van der Waals surface area contributed by atoms with Gasteiger partial charge in [0.15, 0.2) is 5.60 Å². The highest BCUT2D eigenvalue weighted by Crippen LogP contribution is 2.45. The zero-order valence-electron chi connectivity index (χ0n) is 19.6. The van der Waals surface area contributed by atoms with Crippen molar-refractivity contribution in [2.24, 2.45) is 0 Å². The minimum absolute atomic E-state index is 0.0319. The number of aliphatic hydroxyl groups is 1. The molecule has 35 heavy (non-hydrogen) atoms. The van der Waals surface area contributed by atoms with Crippen LogP contribution >= 0.6 is 0 Å². The predicted molar refractivity (Wildman–Crippen MR) is 117 cm³/mol. The van der Waals surface area contributed by atoms with Crippen LogP contribution < -0.4 is 14.6 Å². The smallest absolute Gasteiger partial charge is 0.443 e. The first-order valence-corrected chi connectivity index (χ1v) is 10.6. The van der Waals surface area contributed by atoms with Crippen LogP contribution in [0.2, 0.25) is 0 Å². The van der Waals surface area contributed by atoms with Crippen LogP contribution in [0.5, 0.6) is 5.75 Å². The van der Waals surface area contributed by atoms with Gasteiger partial charge in [-0.05, 0) is 42.2 Å². The van der Waals surface area contributed by atoms with Gasteiger partial charge in [0.1, 0.15) is 11.6 Å². The van der Waals surface area contributed by atoms with Crippen LogP contribution in [-0.2, 0) is 11.8 Å². The number of methoxy groups -OCH3 is 1. The summed E-state index contributed by atoms with van der Waals surface area (Å²) in [6.07, 6.45) is -7.14. The number of hydrogen-bond donors (Lipinski definition) is 2. The quantitative estimate of drug-likeness (QED) is 0.379. The Labute approximate surface area is 199 Å². The van der Waals surface area contributed by atoms with Crippen molar-refractivity contribution in [2.45, 2.75) is 43.9 Å². The average molecular weight is 496 g/mol. The maximum atomic E-state index is 14.3. The molecule has 1 atom stereocenters. The molecule has 1 unspecified atom stereocenters. The fourth-order valence-electron chi connectivity index (χ4n) is 4.05. The van der Waals surface area contributed by atoms with Crippen molar-refractivity contribution in [2.75, 3.05) is 14.2 Å². The molecule has 0 aliphatic heterocycles. The van der Waals surface area contributed by atoms with E-state index in [1.165, 1.54) is 34.1 Å². The van der Waals surface area contributed by atoms with Crippen molar-refractivity contribution in [1.82, 2.24) is 10.5 Å². The average Bonchev–Trinajstić information content (AvgIpc) is 3.21. The molecule has 3 rings (SSSR count). The van der Waals surface area contributed by atoms with Crippen molar-refractivity contribution < 1.29 is 41.3 Å². The summed E-state index contributed by atoms with van der Waals surface area (Å²) in [4.78, 5) is 12.6. The number of amides is 1. The van der Waals surface area contributed by atoms with Gasteiger partial charge in [0.25, 0.3) is 5.89 Å². The largest absolute Gasteiger partial charge is 0.496 e. The van der Waals surface area contributed by atoms with Gasteiger partial charge in [-0.1, -0.05) is 32.0 Å². The van der Waals surface area contributed by atoms with E-state index in [0.29, 0.717) is 5.56 Å². The van der Waals surface area contributed by atoms with E-state index in [0.717, 1.165) is 16.7 Å². The fourth-order valence-corrected chi connectivity index (χ4v) is 4.05. The zero-order valence-corrected chi connectivity index (χ0v) is 19.6. The van der Waals surface area contributed by atoms with Crippen molar-refractivity contribution >= 4 is 6.03 Å². The first-order chi connectivity index (χ1) is 16.3. The van der Waals surface area contributed by atoms with Gasteiger partial charge in [-0.3, -0.25) is 9.84 Å². The van der Waals surface area contributed by atoms with Crippen LogP contribution in [0.15, 0.2) is 53.1 Å². The summed E-state index contributed by atoms with van der Waals surface area (Å²) < 4.78 is 68.1. The molecule has 0 fully saturated rings. The third-order valence-electron chi connectivity index (χ3n) is 5.74. The molecule has 11 heteroatoms. The second-order valence-electron chi connectivity index (χ2n) is 8.77. The first kappa shape index (κ1) is 26.1. The van der Waals surface area contributed by atoms with Crippen LogP contribution in [0.3, 0.4) is 0 Å². The number of carbonyl (C=O) groups excluding carboxylic acids is 1. The fraction of sp³-hybridized carbons (Fsp3) is 0.375. The molecule has 0 aliphatic rings. The lowest BCUT2D eigenvalue weighted by Gasteiger charge is -2.37. The van der Waals surface area contributed by atoms with Crippen molar-refractivity contribution in [1.29, 1.82) is 0 Å². The van der Waals surface area contributed by atoms with Gasteiger partial charge < -0.3 is 9.84 Å². The summed E-state index contributed by atoms with van der Waals surface area (Å²) in [6.45, 7) is 2.87. The molecule has 7 nitrogen and oxygen atoms in total. The minimum atomic E-state index is -5.13. The predicted octanol–water partition coefficient (Wildman–Crippen LogP) is 4.17. The van der Waals surface area contributed by atoms with Gasteiger partial charge >= 0.3 is 18.0 Å². The lowest BCUT2D eigenvalue weighted by Crippen LogP contribution is -2.56. The number of alkyl halides is 3. The van der Waals surface area contributed by atoms with Gasteiger partial charge in [0.2, 0.25) is 0 Å². The molecule has 3 aromatic rings. The third kappa shape index (κ3) is 5.29. The van der Waals surface area contributed by atoms with E-state index in [2.05, 4.69) is 10.5 Å². The molecule has 1 heterocycles. The van der Waals surface area contributed by atoms with E-state index in [4.69, 9.17) is 9.26 Å². The number of carbonyl (C=O) groups is 1. The third-order valence-corrected chi connectivity index (χ3v) is 5.74. The van der Waals surface area contributed by atoms with Crippen molar-refractivity contribution in [3.05, 3.63) is 65.8 Å². The monoisotopic (exact) mass is 496 g/mol. The van der Waals surface area contributed by atoms with Gasteiger partial charge in [0.05, 0.1) is 31.3 Å². The standard InChI is InChI=1S/C24H25F4N3O4/c1-22(2,17-12-16(25)10-11-18(17)34-4)14-23(33,24(26,27)28)13-19-31(21(32)29-3)20(30-35-19)15-8-6-5-7-9-15/h5-12,33H,13-14H2,1-4H3/p+1. The SMILES string of the molecule is CNC(=O)[n+]1c(-c2ccccc2)noc1CC(O)(CC(C)(C)c1cc(F)ccc1OC)C(F)(F)F. The van der Waals surface area contributed by atoms with Crippen LogP contribution in [0.4, 0.5) is 22.4 Å². The summed E-state index contributed by atoms with van der Waals surface area (Å²) in [5, 5.41) is 17.1. The second kappa shape index (κ2) is 9.65. The number of nitrogens with one attached hydrogen (secondary N) is 1. The Balaban J connectivity index is 2.08. The van der Waals surface area contributed by atoms with E-state index in [1.807, 2.05) is 0 Å². The number of nitrogens with zero attached hydrogens (tertiary/aromatic N) is 2. The van der Waals surface area contributed by atoms with Gasteiger partial charge in [-0.15, -0.1) is 4.57 Å². The number of rotatable bonds is 7. The van der Waals surface area contributed by atoms with E-state index in [1.54, 1.807) is 30.3 Å². The Bertz CT molecular complexity index is 1200. The van der Waals surface area contributed by atoms with E-state index < -0.39 is 47.8 Å². The molecule has 0 radical (unpaired) electrons. The molecule has 1 aromatic heterocycles. The van der Waals surface area contributed by atoms with Crippen molar-refractivity contribution in [3.8, 4) is 17.1 Å². The van der Waals surface area contributed by atoms with Crippen LogP contribution in [-0.4, -0.2) is 42.2 Å². The summed E-state index contributed by atoms with van der Waals surface area (Å²) in [7, 11) is 2.62. The molecular formula is C24H26F4N3O4+. The molecule has 0 bridgehead atoms. The highest BCUT2D eigenvalue weighted by Gasteiger charge is 2.58. The van der Waals surface area contributed by atoms with Crippen LogP contribution in [0.1, 0.15) is 31.7 Å². The number of ether oxygens (including phenoxy) is 1. The second-order valence-corrected chi connectivity index (χ2v) is 8.77. The van der Waals surface area contributed by atoms with E-state index in [9.17, 15) is 27.5 Å². The van der Waals surface area contributed by atoms with Crippen LogP contribution in [0.25, 0.3) is 11.4 Å². The first-order valence-electron chi connectivity index (χ1n) is 10.6. The van der Waals surface area contributed by atoms with Crippen LogP contribution in [0, 0.1) is 5.82 Å². The number of hydrogen-bond acceptors (Lipinski definition) is 5. The minimum Gasteiger partial charge on any atom is -0.496 e. The topological polar surface area (TPSA) is 88.5 Å². The number of benzene rings is 2. The highest BCUT2D eigenvalue weighted by atomic mass is 19.4. The number of aromatic nitrogens is 2. The normalized spacial score (nSPS) is 13.9. The molecule has 1 amide bonds. The summed E-state index contributed by atoms with van der Waals surface area (Å²) in [5.74, 6) is -1.03. The Morgan fingerprint density at radius 2 is 1.83 bits per heavy atom. The molecule has 2 N–H and O–H groups in total. The maximum Gasteiger partial charge on any atom is 0.443 e. The highest BCUT2D eigenvalue weighted by molar-refractivity contribution is 5.67. The Hall–Kier alpha value is -3.47. The lowest BCUT2D eigenvalue weighted by atomic mass is 9.73. The molecule has 0 saturated carbocycles. The lowest BCUT2D eigenvalue weighted by molar-refractivity contribution is -0.576. The molecule has 0 spiro atoms. The van der Waals surface area contributed by atoms with Crippen molar-refractivity contribution in [3.63, 3.8) is 0 Å². The molecule has 0 saturated heterocycles. The van der Waals surface area contributed by atoms with Gasteiger partial charge in [-0.2, -0.15) is 13.2 Å². The molecule has 0 aliphatic carbocycles. The molecule has 2 aromatic carbocycles. The van der Waals surface area contributed by atoms with E-state index >= 15 is 0 Å². The molecular weight excluding hydrogens is 470 g/mol. The molecule has 188 valence electrons. The maximum absolute atomic E-state index is 14.3. The zero-order chi connectivity index (χ0) is 26.0. The Morgan fingerprint density at radius 1 is 1.17 bits per heavy atom. The summed E-state index contributed by atoms with van der Waals surface area (Å²) >= 11 is 0. The summed E-state index contributed by atoms with van der Waals surface area (Å²) in [5.41, 5.74) is -4.20. The Kier molecular flexibility index (Phi) is 7.21. The van der Waals surface area contributed by atoms with Gasteiger partial charge in [-0.25, -0.2) is 9.18 Å². The van der Waals surface area contributed by atoms with E-state index in [-0.39, 0.29) is 17.1 Å². The van der Waals surface area contributed by atoms with Gasteiger partial charge in [0, 0.05) is 5.56 Å². The number of halogens is 4.